The molecule has 0 heterocycles. The van der Waals surface area contributed by atoms with Crippen molar-refractivity contribution in [2.24, 2.45) is 0 Å². The second-order valence-corrected chi connectivity index (χ2v) is 4.28. The average Bonchev–Trinajstić information content (AvgIpc) is 1.96. The lowest BCUT2D eigenvalue weighted by molar-refractivity contribution is -0.121. The molecule has 0 fully saturated rings. The van der Waals surface area contributed by atoms with E-state index in [2.05, 4.69) is 12.2 Å². The normalized spacial score (nSPS) is 12.8. The van der Waals surface area contributed by atoms with Crippen LogP contribution in [-0.2, 0) is 4.79 Å². The molecule has 0 saturated carbocycles. The molecule has 76 valence electrons. The highest BCUT2D eigenvalue weighted by molar-refractivity contribution is 5.79. The predicted molar refractivity (Wildman–Crippen MR) is 56.6 cm³/mol. The van der Waals surface area contributed by atoms with Crippen LogP contribution in [0.1, 0.15) is 47.5 Å². The molecule has 0 aromatic heterocycles. The molecule has 1 N–H and O–H groups in total. The van der Waals surface area contributed by atoms with Gasteiger partial charge in [-0.1, -0.05) is 18.6 Å². The van der Waals surface area contributed by atoms with E-state index in [1.807, 2.05) is 33.8 Å². The van der Waals surface area contributed by atoms with Crippen molar-refractivity contribution in [3.63, 3.8) is 0 Å². The first-order chi connectivity index (χ1) is 5.89. The van der Waals surface area contributed by atoms with Crippen LogP contribution >= 0.6 is 0 Å². The standard InChI is InChI=1S/C11H21NO/c1-6-9(7-2)8-10(13)12-11(3,4)5/h6H,7-8H2,1-5H3,(H,12,13)/b9-6-. The lowest BCUT2D eigenvalue weighted by Crippen LogP contribution is -2.40. The number of carbonyl (C=O) groups excluding carboxylic acids is 1. The molecule has 0 aliphatic heterocycles. The van der Waals surface area contributed by atoms with E-state index >= 15 is 0 Å². The van der Waals surface area contributed by atoms with Crippen molar-refractivity contribution in [3.8, 4) is 0 Å². The Labute approximate surface area is 81.4 Å². The van der Waals surface area contributed by atoms with Crippen molar-refractivity contribution in [2.75, 3.05) is 0 Å². The number of nitrogens with one attached hydrogen (secondary N) is 1. The summed E-state index contributed by atoms with van der Waals surface area (Å²) >= 11 is 0. The number of hydrogen-bond acceptors (Lipinski definition) is 1. The quantitative estimate of drug-likeness (QED) is 0.670. The van der Waals surface area contributed by atoms with E-state index in [0.29, 0.717) is 6.42 Å². The Morgan fingerprint density at radius 3 is 2.23 bits per heavy atom. The van der Waals surface area contributed by atoms with Crippen LogP contribution < -0.4 is 5.32 Å². The molecule has 0 aliphatic carbocycles. The van der Waals surface area contributed by atoms with Crippen molar-refractivity contribution >= 4 is 5.91 Å². The number of rotatable bonds is 3. The molecule has 0 bridgehead atoms. The van der Waals surface area contributed by atoms with Gasteiger partial charge in [-0.2, -0.15) is 0 Å². The monoisotopic (exact) mass is 183 g/mol. The Morgan fingerprint density at radius 2 is 1.92 bits per heavy atom. The summed E-state index contributed by atoms with van der Waals surface area (Å²) in [5.41, 5.74) is 1.07. The third-order valence-electron chi connectivity index (χ3n) is 1.76. The van der Waals surface area contributed by atoms with Gasteiger partial charge in [-0.3, -0.25) is 4.79 Å². The van der Waals surface area contributed by atoms with Crippen molar-refractivity contribution in [1.29, 1.82) is 0 Å². The highest BCUT2D eigenvalue weighted by Gasteiger charge is 2.13. The average molecular weight is 183 g/mol. The Morgan fingerprint density at radius 1 is 1.38 bits per heavy atom. The maximum atomic E-state index is 11.4. The van der Waals surface area contributed by atoms with E-state index in [1.54, 1.807) is 0 Å². The van der Waals surface area contributed by atoms with Crippen molar-refractivity contribution in [3.05, 3.63) is 11.6 Å². The highest BCUT2D eigenvalue weighted by atomic mass is 16.1. The summed E-state index contributed by atoms with van der Waals surface area (Å²) in [4.78, 5) is 11.4. The highest BCUT2D eigenvalue weighted by Crippen LogP contribution is 2.07. The fourth-order valence-corrected chi connectivity index (χ4v) is 1.10. The Balaban J connectivity index is 4.02. The molecule has 2 nitrogen and oxygen atoms in total. The van der Waals surface area contributed by atoms with Crippen LogP contribution in [0.3, 0.4) is 0 Å². The minimum Gasteiger partial charge on any atom is -0.351 e. The van der Waals surface area contributed by atoms with Gasteiger partial charge < -0.3 is 5.32 Å². The second kappa shape index (κ2) is 5.05. The van der Waals surface area contributed by atoms with Crippen LogP contribution in [0.25, 0.3) is 0 Å². The lowest BCUT2D eigenvalue weighted by Gasteiger charge is -2.20. The lowest BCUT2D eigenvalue weighted by atomic mass is 10.1. The second-order valence-electron chi connectivity index (χ2n) is 4.28. The fraction of sp³-hybridized carbons (Fsp3) is 0.727. The van der Waals surface area contributed by atoms with Gasteiger partial charge in [0.25, 0.3) is 0 Å². The minimum atomic E-state index is -0.121. The largest absolute Gasteiger partial charge is 0.351 e. The third kappa shape index (κ3) is 6.38. The molecule has 0 rings (SSSR count). The molecule has 0 aromatic rings. The fourth-order valence-electron chi connectivity index (χ4n) is 1.10. The first-order valence-electron chi connectivity index (χ1n) is 4.84. The molecule has 0 spiro atoms. The Kier molecular flexibility index (Phi) is 4.74. The van der Waals surface area contributed by atoms with Crippen molar-refractivity contribution < 1.29 is 4.79 Å². The zero-order chi connectivity index (χ0) is 10.5. The summed E-state index contributed by atoms with van der Waals surface area (Å²) in [6, 6.07) is 0. The van der Waals surface area contributed by atoms with Gasteiger partial charge in [-0.05, 0) is 34.1 Å². The molecule has 0 atom stereocenters. The van der Waals surface area contributed by atoms with Gasteiger partial charge in [0.05, 0.1) is 0 Å². The topological polar surface area (TPSA) is 29.1 Å². The molecule has 1 amide bonds. The van der Waals surface area contributed by atoms with Crippen LogP contribution in [0, 0.1) is 0 Å². The zero-order valence-corrected chi connectivity index (χ0v) is 9.40. The van der Waals surface area contributed by atoms with Crippen LogP contribution in [0.2, 0.25) is 0 Å². The molecule has 0 aliphatic rings. The zero-order valence-electron chi connectivity index (χ0n) is 9.40. The van der Waals surface area contributed by atoms with Gasteiger partial charge in [-0.15, -0.1) is 0 Å². The van der Waals surface area contributed by atoms with E-state index in [1.165, 1.54) is 5.57 Å². The summed E-state index contributed by atoms with van der Waals surface area (Å²) in [5, 5.41) is 2.94. The smallest absolute Gasteiger partial charge is 0.224 e. The number of allylic oxidation sites excluding steroid dienone is 1. The van der Waals surface area contributed by atoms with Crippen LogP contribution in [0.4, 0.5) is 0 Å². The summed E-state index contributed by atoms with van der Waals surface area (Å²) in [7, 11) is 0. The Hall–Kier alpha value is -0.790. The summed E-state index contributed by atoms with van der Waals surface area (Å²) in [6.45, 7) is 10.0. The third-order valence-corrected chi connectivity index (χ3v) is 1.76. The number of amides is 1. The number of carbonyl (C=O) groups is 1. The van der Waals surface area contributed by atoms with Crippen molar-refractivity contribution in [1.82, 2.24) is 5.32 Å². The maximum absolute atomic E-state index is 11.4. The predicted octanol–water partition coefficient (Wildman–Crippen LogP) is 2.65. The van der Waals surface area contributed by atoms with E-state index in [0.717, 1.165) is 6.42 Å². The van der Waals surface area contributed by atoms with Gasteiger partial charge in [0, 0.05) is 12.0 Å². The first kappa shape index (κ1) is 12.2. The van der Waals surface area contributed by atoms with E-state index in [-0.39, 0.29) is 11.4 Å². The van der Waals surface area contributed by atoms with Crippen LogP contribution in [0.15, 0.2) is 11.6 Å². The van der Waals surface area contributed by atoms with Gasteiger partial charge in [0.15, 0.2) is 0 Å². The first-order valence-corrected chi connectivity index (χ1v) is 4.84. The summed E-state index contributed by atoms with van der Waals surface area (Å²) in [5.74, 6) is 0.113. The van der Waals surface area contributed by atoms with Gasteiger partial charge in [0.1, 0.15) is 0 Å². The van der Waals surface area contributed by atoms with Crippen molar-refractivity contribution in [2.45, 2.75) is 53.0 Å². The SMILES string of the molecule is C/C=C(/CC)CC(=O)NC(C)(C)C. The van der Waals surface area contributed by atoms with Gasteiger partial charge in [-0.25, -0.2) is 0 Å². The summed E-state index contributed by atoms with van der Waals surface area (Å²) in [6.07, 6.45) is 3.50. The molecule has 2 heteroatoms. The molecule has 0 saturated heterocycles. The molecular formula is C11H21NO. The summed E-state index contributed by atoms with van der Waals surface area (Å²) < 4.78 is 0. The minimum absolute atomic E-state index is 0.113. The van der Waals surface area contributed by atoms with E-state index in [9.17, 15) is 4.79 Å². The van der Waals surface area contributed by atoms with Crippen LogP contribution in [0.5, 0.6) is 0 Å². The molecule has 0 aromatic carbocycles. The van der Waals surface area contributed by atoms with E-state index in [4.69, 9.17) is 0 Å². The van der Waals surface area contributed by atoms with Gasteiger partial charge in [0.2, 0.25) is 5.91 Å². The molecular weight excluding hydrogens is 162 g/mol. The van der Waals surface area contributed by atoms with E-state index < -0.39 is 0 Å². The Bertz CT molecular complexity index is 199. The molecule has 0 radical (unpaired) electrons. The maximum Gasteiger partial charge on any atom is 0.224 e. The molecule has 13 heavy (non-hydrogen) atoms. The molecule has 0 unspecified atom stereocenters. The number of hydrogen-bond donors (Lipinski definition) is 1. The van der Waals surface area contributed by atoms with Crippen LogP contribution in [-0.4, -0.2) is 11.4 Å². The van der Waals surface area contributed by atoms with Gasteiger partial charge >= 0.3 is 0 Å².